The van der Waals surface area contributed by atoms with E-state index in [2.05, 4.69) is 25.9 Å². The maximum atomic E-state index is 13.3. The second-order valence-electron chi connectivity index (χ2n) is 9.59. The van der Waals surface area contributed by atoms with Crippen molar-refractivity contribution < 1.29 is 24.3 Å². The van der Waals surface area contributed by atoms with E-state index in [4.69, 9.17) is 22.9 Å². The summed E-state index contributed by atoms with van der Waals surface area (Å²) in [4.78, 5) is 57.4. The summed E-state index contributed by atoms with van der Waals surface area (Å²) in [7, 11) is 0. The summed E-state index contributed by atoms with van der Waals surface area (Å²) in [6.07, 6.45) is 4.09. The zero-order chi connectivity index (χ0) is 29.7. The van der Waals surface area contributed by atoms with Crippen molar-refractivity contribution in [3.63, 3.8) is 0 Å². The summed E-state index contributed by atoms with van der Waals surface area (Å²) in [5.41, 5.74) is 23.7. The predicted octanol–water partition coefficient (Wildman–Crippen LogP) is -1.22. The smallest absolute Gasteiger partial charge is 0.326 e. The van der Waals surface area contributed by atoms with Gasteiger partial charge in [0.2, 0.25) is 17.7 Å². The molecule has 0 fully saturated rings. The van der Waals surface area contributed by atoms with Gasteiger partial charge in [-0.2, -0.15) is 0 Å². The Bertz CT molecular complexity index is 1180. The number of aliphatic carboxylic acids is 1. The Labute approximate surface area is 232 Å². The molecule has 4 atom stereocenters. The molecule has 0 aliphatic rings. The number of nitrogens with two attached hydrogens (primary N) is 4. The second-order valence-corrected chi connectivity index (χ2v) is 9.59. The van der Waals surface area contributed by atoms with Gasteiger partial charge >= 0.3 is 5.97 Å². The Balaban J connectivity index is 2.10. The van der Waals surface area contributed by atoms with Crippen LogP contribution in [0.5, 0.6) is 0 Å². The van der Waals surface area contributed by atoms with Crippen molar-refractivity contribution in [1.29, 1.82) is 0 Å². The molecule has 0 aliphatic heterocycles. The molecule has 0 saturated heterocycles. The fraction of sp³-hybridized carbons (Fsp3) is 0.500. The third-order valence-corrected chi connectivity index (χ3v) is 6.35. The number of nitrogens with zero attached hydrogens (tertiary/aromatic N) is 1. The number of hydrogen-bond acceptors (Lipinski definition) is 7. The molecule has 0 radical (unpaired) electrons. The van der Waals surface area contributed by atoms with Crippen LogP contribution < -0.4 is 38.9 Å². The number of carboxylic acid groups (broad SMARTS) is 1. The fourth-order valence-electron chi connectivity index (χ4n) is 4.09. The number of guanidine groups is 1. The number of rotatable bonds is 17. The van der Waals surface area contributed by atoms with Crippen molar-refractivity contribution in [3.8, 4) is 0 Å². The average molecular weight is 560 g/mol. The summed E-state index contributed by atoms with van der Waals surface area (Å²) < 4.78 is 0. The summed E-state index contributed by atoms with van der Waals surface area (Å²) in [6, 6.07) is 3.36. The van der Waals surface area contributed by atoms with Crippen LogP contribution in [-0.4, -0.2) is 77.0 Å². The molecule has 40 heavy (non-hydrogen) atoms. The Kier molecular flexibility index (Phi) is 12.9. The van der Waals surface area contributed by atoms with Crippen molar-refractivity contribution in [1.82, 2.24) is 20.9 Å². The van der Waals surface area contributed by atoms with Crippen molar-refractivity contribution in [2.75, 3.05) is 13.1 Å². The highest BCUT2D eigenvalue weighted by atomic mass is 16.4. The maximum absolute atomic E-state index is 13.3. The van der Waals surface area contributed by atoms with Crippen molar-refractivity contribution in [2.24, 2.45) is 27.9 Å². The molecule has 0 spiro atoms. The van der Waals surface area contributed by atoms with E-state index in [-0.39, 0.29) is 25.3 Å². The number of aromatic amines is 1. The number of benzene rings is 1. The molecule has 2 rings (SSSR count). The summed E-state index contributed by atoms with van der Waals surface area (Å²) >= 11 is 0. The first-order valence-corrected chi connectivity index (χ1v) is 13.2. The van der Waals surface area contributed by atoms with Crippen LogP contribution in [0.4, 0.5) is 0 Å². The van der Waals surface area contributed by atoms with Gasteiger partial charge in [-0.1, -0.05) is 24.6 Å². The predicted molar refractivity (Wildman–Crippen MR) is 152 cm³/mol. The zero-order valence-electron chi connectivity index (χ0n) is 22.7. The third kappa shape index (κ3) is 10.2. The van der Waals surface area contributed by atoms with Gasteiger partial charge in [-0.25, -0.2) is 4.79 Å². The fourth-order valence-corrected chi connectivity index (χ4v) is 4.09. The van der Waals surface area contributed by atoms with Crippen molar-refractivity contribution >= 4 is 40.6 Å². The van der Waals surface area contributed by atoms with Crippen LogP contribution in [0.3, 0.4) is 0 Å². The number of nitrogens with one attached hydrogen (secondary N) is 4. The zero-order valence-corrected chi connectivity index (χ0v) is 22.7. The molecule has 3 amide bonds. The minimum atomic E-state index is -1.23. The van der Waals surface area contributed by atoms with Crippen LogP contribution >= 0.6 is 0 Å². The molecule has 14 heteroatoms. The maximum Gasteiger partial charge on any atom is 0.326 e. The number of aromatic nitrogens is 1. The lowest BCUT2D eigenvalue weighted by Gasteiger charge is -2.23. The molecule has 4 unspecified atom stereocenters. The molecular weight excluding hydrogens is 518 g/mol. The molecule has 1 aromatic carbocycles. The first kappa shape index (κ1) is 32.0. The first-order valence-electron chi connectivity index (χ1n) is 13.2. The number of para-hydroxylation sites is 1. The van der Waals surface area contributed by atoms with Crippen LogP contribution in [0, 0.1) is 0 Å². The number of unbranched alkanes of at least 4 members (excludes halogenated alkanes) is 1. The summed E-state index contributed by atoms with van der Waals surface area (Å²) in [6.45, 7) is 2.12. The molecule has 1 heterocycles. The number of hydrogen-bond donors (Lipinski definition) is 9. The Morgan fingerprint density at radius 3 is 2.33 bits per heavy atom. The Morgan fingerprint density at radius 2 is 1.65 bits per heavy atom. The highest BCUT2D eigenvalue weighted by Crippen LogP contribution is 2.19. The Hall–Kier alpha value is -4.17. The molecule has 0 saturated carbocycles. The lowest BCUT2D eigenvalue weighted by Crippen LogP contribution is -2.56. The lowest BCUT2D eigenvalue weighted by atomic mass is 10.0. The van der Waals surface area contributed by atoms with Gasteiger partial charge in [0.25, 0.3) is 0 Å². The van der Waals surface area contributed by atoms with Gasteiger partial charge in [0.1, 0.15) is 18.1 Å². The van der Waals surface area contributed by atoms with Gasteiger partial charge in [0, 0.05) is 30.1 Å². The highest BCUT2D eigenvalue weighted by Gasteiger charge is 2.29. The largest absolute Gasteiger partial charge is 0.480 e. The third-order valence-electron chi connectivity index (χ3n) is 6.35. The van der Waals surface area contributed by atoms with Gasteiger partial charge in [-0.3, -0.25) is 19.4 Å². The molecule has 13 N–H and O–H groups in total. The van der Waals surface area contributed by atoms with E-state index in [1.54, 1.807) is 6.20 Å². The normalized spacial score (nSPS) is 14.0. The van der Waals surface area contributed by atoms with Crippen LogP contribution in [-0.2, 0) is 25.6 Å². The highest BCUT2D eigenvalue weighted by molar-refractivity contribution is 5.94. The van der Waals surface area contributed by atoms with Crippen molar-refractivity contribution in [2.45, 2.75) is 69.6 Å². The van der Waals surface area contributed by atoms with E-state index in [9.17, 15) is 24.3 Å². The minimum Gasteiger partial charge on any atom is -0.480 e. The molecule has 1 aromatic heterocycles. The number of carbonyl (C=O) groups excluding carboxylic acids is 3. The SMILES string of the molecule is CC(NC(=O)C(Cc1c[nH]c2ccccc12)NC(=O)C(N)CCCCN)C(=O)NC(CCCN=C(N)N)C(=O)O. The van der Waals surface area contributed by atoms with Crippen molar-refractivity contribution in [3.05, 3.63) is 36.0 Å². The van der Waals surface area contributed by atoms with E-state index in [1.807, 2.05) is 24.3 Å². The number of amides is 3. The quantitative estimate of drug-likeness (QED) is 0.0638. The number of carboxylic acids is 1. The molecule has 0 bridgehead atoms. The van der Waals surface area contributed by atoms with E-state index >= 15 is 0 Å². The second kappa shape index (κ2) is 16.1. The van der Waals surface area contributed by atoms with Crippen LogP contribution in [0.2, 0.25) is 0 Å². The monoisotopic (exact) mass is 559 g/mol. The summed E-state index contributed by atoms with van der Waals surface area (Å²) in [5.74, 6) is -3.16. The van der Waals surface area contributed by atoms with Gasteiger partial charge in [0.05, 0.1) is 6.04 Å². The van der Waals surface area contributed by atoms with E-state index in [0.29, 0.717) is 25.8 Å². The first-order chi connectivity index (χ1) is 19.0. The molecule has 220 valence electrons. The number of carbonyl (C=O) groups is 4. The van der Waals surface area contributed by atoms with Crippen LogP contribution in [0.15, 0.2) is 35.5 Å². The van der Waals surface area contributed by atoms with Crippen LogP contribution in [0.1, 0.15) is 44.6 Å². The average Bonchev–Trinajstić information content (AvgIpc) is 3.32. The number of fused-ring (bicyclic) bond motifs is 1. The standard InChI is InChI=1S/C26H41N9O5/c1-15(22(36)34-20(25(39)40)10-6-12-31-26(29)30)33-24(38)21(35-23(37)18(28)8-4-5-11-27)13-16-14-32-19-9-3-2-7-17(16)19/h2-3,7,9,14-15,18,20-21,32H,4-6,8,10-13,27-28H2,1H3,(H,33,38)(H,34,36)(H,35,37)(H,39,40)(H4,29,30,31). The van der Waals surface area contributed by atoms with Crippen LogP contribution in [0.25, 0.3) is 10.9 Å². The minimum absolute atomic E-state index is 0.0831. The van der Waals surface area contributed by atoms with Gasteiger partial charge in [-0.05, 0) is 50.8 Å². The summed E-state index contributed by atoms with van der Waals surface area (Å²) in [5, 5.41) is 18.1. The lowest BCUT2D eigenvalue weighted by molar-refractivity contribution is -0.142. The number of aliphatic imine (C=N–C) groups is 1. The topological polar surface area (TPSA) is 257 Å². The van der Waals surface area contributed by atoms with E-state index < -0.39 is 47.9 Å². The van der Waals surface area contributed by atoms with E-state index in [0.717, 1.165) is 22.9 Å². The van der Waals surface area contributed by atoms with Gasteiger partial charge < -0.3 is 49.0 Å². The van der Waals surface area contributed by atoms with Gasteiger partial charge in [0.15, 0.2) is 5.96 Å². The number of H-pyrrole nitrogens is 1. The molecular formula is C26H41N9O5. The Morgan fingerprint density at radius 1 is 0.950 bits per heavy atom. The van der Waals surface area contributed by atoms with E-state index in [1.165, 1.54) is 6.92 Å². The van der Waals surface area contributed by atoms with Gasteiger partial charge in [-0.15, -0.1) is 0 Å². The molecule has 0 aliphatic carbocycles. The molecule has 2 aromatic rings. The molecule has 14 nitrogen and oxygen atoms in total.